The zero-order valence-corrected chi connectivity index (χ0v) is 14.5. The van der Waals surface area contributed by atoms with Crippen molar-refractivity contribution in [3.8, 4) is 5.75 Å². The van der Waals surface area contributed by atoms with Gasteiger partial charge >= 0.3 is 5.97 Å². The maximum Gasteiger partial charge on any atom is 0.338 e. The van der Waals surface area contributed by atoms with Crippen molar-refractivity contribution < 1.29 is 24.2 Å². The second kappa shape index (κ2) is 8.01. The number of para-hydroxylation sites is 1. The summed E-state index contributed by atoms with van der Waals surface area (Å²) in [5.74, 6) is -0.172. The van der Waals surface area contributed by atoms with E-state index in [9.17, 15) is 9.59 Å². The lowest BCUT2D eigenvalue weighted by Crippen LogP contribution is -2.39. The minimum atomic E-state index is -0.921. The standard InChI is InChI=1S/C20H21NO5/c1-13(26-20(24)15-8-6-14(12-22)7-9-15)19(23)21-17-10-11-25-18-5-3-2-4-16(17)18/h2-9,13,17,22H,10-12H2,1H3,(H,21,23). The lowest BCUT2D eigenvalue weighted by molar-refractivity contribution is -0.130. The average molecular weight is 355 g/mol. The Morgan fingerprint density at radius 2 is 1.96 bits per heavy atom. The van der Waals surface area contributed by atoms with Gasteiger partial charge < -0.3 is 19.9 Å². The quantitative estimate of drug-likeness (QED) is 0.805. The maximum atomic E-state index is 12.4. The topological polar surface area (TPSA) is 84.9 Å². The van der Waals surface area contributed by atoms with Crippen molar-refractivity contribution in [2.75, 3.05) is 6.61 Å². The van der Waals surface area contributed by atoms with E-state index in [1.54, 1.807) is 31.2 Å². The highest BCUT2D eigenvalue weighted by atomic mass is 16.5. The number of rotatable bonds is 5. The molecule has 1 aliphatic heterocycles. The van der Waals surface area contributed by atoms with Gasteiger partial charge in [0.15, 0.2) is 6.10 Å². The molecule has 1 amide bonds. The molecule has 2 N–H and O–H groups in total. The molecule has 1 aliphatic rings. The summed E-state index contributed by atoms with van der Waals surface area (Å²) in [6, 6.07) is 13.8. The second-order valence-electron chi connectivity index (χ2n) is 6.14. The van der Waals surface area contributed by atoms with E-state index in [0.29, 0.717) is 24.2 Å². The van der Waals surface area contributed by atoms with E-state index >= 15 is 0 Å². The number of esters is 1. The van der Waals surface area contributed by atoms with Gasteiger partial charge in [0.25, 0.3) is 5.91 Å². The van der Waals surface area contributed by atoms with Gasteiger partial charge in [-0.2, -0.15) is 0 Å². The summed E-state index contributed by atoms with van der Waals surface area (Å²) in [5, 5.41) is 12.0. The Hall–Kier alpha value is -2.86. The van der Waals surface area contributed by atoms with Crippen molar-refractivity contribution in [2.45, 2.75) is 32.1 Å². The number of amides is 1. The Labute approximate surface area is 151 Å². The number of nitrogens with one attached hydrogen (secondary N) is 1. The lowest BCUT2D eigenvalue weighted by atomic mass is 10.0. The summed E-state index contributed by atoms with van der Waals surface area (Å²) in [4.78, 5) is 24.6. The number of hydrogen-bond acceptors (Lipinski definition) is 5. The molecule has 3 rings (SSSR count). The predicted molar refractivity (Wildman–Crippen MR) is 94.7 cm³/mol. The Morgan fingerprint density at radius 1 is 1.23 bits per heavy atom. The molecule has 26 heavy (non-hydrogen) atoms. The van der Waals surface area contributed by atoms with Crippen LogP contribution in [0.4, 0.5) is 0 Å². The minimum Gasteiger partial charge on any atom is -0.493 e. The number of aliphatic hydroxyl groups is 1. The summed E-state index contributed by atoms with van der Waals surface area (Å²) in [5.41, 5.74) is 1.95. The molecule has 0 radical (unpaired) electrons. The van der Waals surface area contributed by atoms with Crippen molar-refractivity contribution in [3.05, 3.63) is 65.2 Å². The van der Waals surface area contributed by atoms with Crippen LogP contribution in [0.25, 0.3) is 0 Å². The molecule has 0 bridgehead atoms. The fourth-order valence-electron chi connectivity index (χ4n) is 2.81. The number of carbonyl (C=O) groups excluding carboxylic acids is 2. The van der Waals surface area contributed by atoms with Gasteiger partial charge in [0.05, 0.1) is 24.8 Å². The van der Waals surface area contributed by atoms with Gasteiger partial charge in [-0.25, -0.2) is 4.79 Å². The highest BCUT2D eigenvalue weighted by molar-refractivity contribution is 5.92. The molecule has 0 saturated heterocycles. The van der Waals surface area contributed by atoms with E-state index in [2.05, 4.69) is 5.32 Å². The van der Waals surface area contributed by atoms with Crippen molar-refractivity contribution in [1.82, 2.24) is 5.32 Å². The molecule has 2 aromatic rings. The normalized spacial score (nSPS) is 16.8. The van der Waals surface area contributed by atoms with Gasteiger partial charge in [-0.3, -0.25) is 4.79 Å². The van der Waals surface area contributed by atoms with E-state index in [1.807, 2.05) is 24.3 Å². The number of carbonyl (C=O) groups is 2. The van der Waals surface area contributed by atoms with Crippen LogP contribution in [-0.2, 0) is 16.1 Å². The second-order valence-corrected chi connectivity index (χ2v) is 6.14. The van der Waals surface area contributed by atoms with E-state index in [4.69, 9.17) is 14.6 Å². The molecule has 0 fully saturated rings. The van der Waals surface area contributed by atoms with E-state index in [0.717, 1.165) is 11.3 Å². The van der Waals surface area contributed by atoms with Crippen LogP contribution >= 0.6 is 0 Å². The van der Waals surface area contributed by atoms with Crippen LogP contribution in [-0.4, -0.2) is 29.7 Å². The van der Waals surface area contributed by atoms with Gasteiger partial charge in [-0.15, -0.1) is 0 Å². The lowest BCUT2D eigenvalue weighted by Gasteiger charge is -2.27. The molecule has 2 atom stereocenters. The van der Waals surface area contributed by atoms with Crippen LogP contribution in [0.15, 0.2) is 48.5 Å². The van der Waals surface area contributed by atoms with Crippen LogP contribution in [0.1, 0.15) is 40.9 Å². The first-order valence-electron chi connectivity index (χ1n) is 8.51. The fraction of sp³-hybridized carbons (Fsp3) is 0.300. The zero-order chi connectivity index (χ0) is 18.5. The summed E-state index contributed by atoms with van der Waals surface area (Å²) in [7, 11) is 0. The van der Waals surface area contributed by atoms with E-state index in [-0.39, 0.29) is 18.6 Å². The van der Waals surface area contributed by atoms with Gasteiger partial charge in [-0.1, -0.05) is 30.3 Å². The first kappa shape index (κ1) is 17.9. The Kier molecular flexibility index (Phi) is 5.53. The molecular weight excluding hydrogens is 334 g/mol. The molecule has 6 heteroatoms. The summed E-state index contributed by atoms with van der Waals surface area (Å²) in [6.45, 7) is 1.97. The van der Waals surface area contributed by atoms with Crippen LogP contribution in [0, 0.1) is 0 Å². The third-order valence-electron chi connectivity index (χ3n) is 4.30. The van der Waals surface area contributed by atoms with Gasteiger partial charge in [0, 0.05) is 12.0 Å². The van der Waals surface area contributed by atoms with Crippen LogP contribution < -0.4 is 10.1 Å². The zero-order valence-electron chi connectivity index (χ0n) is 14.5. The molecular formula is C20H21NO5. The van der Waals surface area contributed by atoms with Crippen LogP contribution in [0.2, 0.25) is 0 Å². The van der Waals surface area contributed by atoms with Crippen LogP contribution in [0.3, 0.4) is 0 Å². The number of benzene rings is 2. The van der Waals surface area contributed by atoms with Crippen LogP contribution in [0.5, 0.6) is 5.75 Å². The number of hydrogen-bond donors (Lipinski definition) is 2. The third kappa shape index (κ3) is 4.03. The largest absolute Gasteiger partial charge is 0.493 e. The molecule has 136 valence electrons. The number of aliphatic hydroxyl groups excluding tert-OH is 1. The number of ether oxygens (including phenoxy) is 2. The predicted octanol–water partition coefficient (Wildman–Crippen LogP) is 2.36. The van der Waals surface area contributed by atoms with Gasteiger partial charge in [0.2, 0.25) is 0 Å². The summed E-state index contributed by atoms with van der Waals surface area (Å²) >= 11 is 0. The molecule has 0 aliphatic carbocycles. The van der Waals surface area contributed by atoms with Gasteiger partial charge in [0.1, 0.15) is 5.75 Å². The Morgan fingerprint density at radius 3 is 2.69 bits per heavy atom. The fourth-order valence-corrected chi connectivity index (χ4v) is 2.81. The van der Waals surface area contributed by atoms with Crippen molar-refractivity contribution >= 4 is 11.9 Å². The van der Waals surface area contributed by atoms with E-state index < -0.39 is 12.1 Å². The molecule has 6 nitrogen and oxygen atoms in total. The highest BCUT2D eigenvalue weighted by Crippen LogP contribution is 2.31. The molecule has 1 heterocycles. The Balaban J connectivity index is 1.60. The summed E-state index contributed by atoms with van der Waals surface area (Å²) < 4.78 is 10.8. The minimum absolute atomic E-state index is 0.0965. The molecule has 2 aromatic carbocycles. The van der Waals surface area contributed by atoms with Crippen molar-refractivity contribution in [1.29, 1.82) is 0 Å². The highest BCUT2D eigenvalue weighted by Gasteiger charge is 2.26. The van der Waals surface area contributed by atoms with Gasteiger partial charge in [-0.05, 0) is 30.7 Å². The maximum absolute atomic E-state index is 12.4. The molecule has 0 spiro atoms. The molecule has 0 aromatic heterocycles. The molecule has 0 saturated carbocycles. The molecule has 2 unspecified atom stereocenters. The SMILES string of the molecule is CC(OC(=O)c1ccc(CO)cc1)C(=O)NC1CCOc2ccccc21. The average Bonchev–Trinajstić information content (AvgIpc) is 2.68. The first-order valence-corrected chi connectivity index (χ1v) is 8.51. The number of fused-ring (bicyclic) bond motifs is 1. The first-order chi connectivity index (χ1) is 12.6. The monoisotopic (exact) mass is 355 g/mol. The smallest absolute Gasteiger partial charge is 0.338 e. The third-order valence-corrected chi connectivity index (χ3v) is 4.30. The van der Waals surface area contributed by atoms with Crippen molar-refractivity contribution in [2.24, 2.45) is 0 Å². The Bertz CT molecular complexity index is 787. The van der Waals surface area contributed by atoms with Crippen molar-refractivity contribution in [3.63, 3.8) is 0 Å². The summed E-state index contributed by atoms with van der Waals surface area (Å²) in [6.07, 6.45) is -0.263. The van der Waals surface area contributed by atoms with E-state index in [1.165, 1.54) is 0 Å².